The fourth-order valence-corrected chi connectivity index (χ4v) is 1.96. The third-order valence-electron chi connectivity index (χ3n) is 2.62. The van der Waals surface area contributed by atoms with Crippen molar-refractivity contribution in [2.45, 2.75) is 0 Å². The quantitative estimate of drug-likeness (QED) is 0.383. The molecule has 19 heavy (non-hydrogen) atoms. The van der Waals surface area contributed by atoms with Gasteiger partial charge in [0.05, 0.1) is 0 Å². The van der Waals surface area contributed by atoms with Crippen LogP contribution < -0.4 is 5.32 Å². The van der Waals surface area contributed by atoms with Crippen LogP contribution in [0.3, 0.4) is 0 Å². The average Bonchev–Trinajstić information content (AvgIpc) is 2.35. The van der Waals surface area contributed by atoms with Gasteiger partial charge in [-0.1, -0.05) is 24.3 Å². The van der Waals surface area contributed by atoms with E-state index in [0.717, 1.165) is 10.8 Å². The van der Waals surface area contributed by atoms with Crippen molar-refractivity contribution in [3.8, 4) is 0 Å². The van der Waals surface area contributed by atoms with Crippen molar-refractivity contribution >= 4 is 29.9 Å². The highest BCUT2D eigenvalue weighted by molar-refractivity contribution is 6.30. The lowest BCUT2D eigenvalue weighted by molar-refractivity contribution is 0.0845. The Labute approximate surface area is 108 Å². The zero-order valence-corrected chi connectivity index (χ0v) is 9.70. The van der Waals surface area contributed by atoms with Crippen LogP contribution >= 0.6 is 0 Å². The van der Waals surface area contributed by atoms with Crippen LogP contribution in [-0.4, -0.2) is 34.2 Å². The molecule has 0 radical (unpaired) electrons. The molecular weight excluding hydrogens is 249 g/mol. The molecule has 7 heteroatoms. The summed E-state index contributed by atoms with van der Waals surface area (Å²) in [6.45, 7) is 0. The van der Waals surface area contributed by atoms with Gasteiger partial charge in [-0.2, -0.15) is 0 Å². The van der Waals surface area contributed by atoms with E-state index in [2.05, 4.69) is 5.32 Å². The molecule has 2 amide bonds. The van der Waals surface area contributed by atoms with Gasteiger partial charge in [0.15, 0.2) is 0 Å². The molecule has 0 unspecified atom stereocenters. The molecule has 96 valence electrons. The number of benzene rings is 2. The largest absolute Gasteiger partial charge is 0.631 e. The summed E-state index contributed by atoms with van der Waals surface area (Å²) in [6, 6.07) is 10.9. The Hall–Kier alpha value is -2.22. The molecule has 0 atom stereocenters. The molecule has 0 bridgehead atoms. The van der Waals surface area contributed by atoms with Crippen molar-refractivity contribution in [1.29, 1.82) is 0 Å². The highest BCUT2D eigenvalue weighted by Crippen LogP contribution is 2.25. The average molecular weight is 259 g/mol. The third kappa shape index (κ3) is 2.63. The van der Waals surface area contributed by atoms with Crippen LogP contribution in [0.15, 0.2) is 36.4 Å². The molecule has 0 fully saturated rings. The van der Waals surface area contributed by atoms with Gasteiger partial charge in [0.1, 0.15) is 0 Å². The van der Waals surface area contributed by atoms with Crippen molar-refractivity contribution in [2.75, 3.05) is 0 Å². The monoisotopic (exact) mass is 259 g/mol. The molecule has 0 aromatic heterocycles. The van der Waals surface area contributed by atoms with Crippen molar-refractivity contribution in [3.63, 3.8) is 0 Å². The molecular formula is C12H10BNO5. The van der Waals surface area contributed by atoms with Gasteiger partial charge in [0.25, 0.3) is 11.8 Å². The van der Waals surface area contributed by atoms with Gasteiger partial charge in [-0.3, -0.25) is 14.9 Å². The SMILES string of the molecule is O=C1NC(=O)c2cccc3cccc1c23.OB(O)O. The molecule has 4 N–H and O–H groups in total. The summed E-state index contributed by atoms with van der Waals surface area (Å²) in [5, 5.41) is 25.5. The topological polar surface area (TPSA) is 107 Å². The molecule has 2 aromatic carbocycles. The highest BCUT2D eigenvalue weighted by Gasteiger charge is 2.23. The van der Waals surface area contributed by atoms with Crippen molar-refractivity contribution in [1.82, 2.24) is 5.32 Å². The minimum Gasteiger partial charge on any atom is -0.402 e. The van der Waals surface area contributed by atoms with Crippen molar-refractivity contribution in [3.05, 3.63) is 47.5 Å². The number of imide groups is 1. The summed E-state index contributed by atoms with van der Waals surface area (Å²) in [7, 11) is -2.17. The molecule has 0 saturated carbocycles. The third-order valence-corrected chi connectivity index (χ3v) is 2.62. The highest BCUT2D eigenvalue weighted by atomic mass is 16.5. The number of rotatable bonds is 0. The maximum absolute atomic E-state index is 11.6. The minimum absolute atomic E-state index is 0.315. The predicted octanol–water partition coefficient (Wildman–Crippen LogP) is -0.328. The van der Waals surface area contributed by atoms with Crippen molar-refractivity contribution < 1.29 is 24.7 Å². The zero-order valence-electron chi connectivity index (χ0n) is 9.70. The normalized spacial score (nSPS) is 12.6. The number of carbonyl (C=O) groups is 2. The lowest BCUT2D eigenvalue weighted by Gasteiger charge is -2.15. The zero-order chi connectivity index (χ0) is 14.0. The summed E-state index contributed by atoms with van der Waals surface area (Å²) >= 11 is 0. The summed E-state index contributed by atoms with van der Waals surface area (Å²) in [6.07, 6.45) is 0. The van der Waals surface area contributed by atoms with Crippen LogP contribution in [0.25, 0.3) is 10.8 Å². The number of nitrogens with one attached hydrogen (secondary N) is 1. The summed E-state index contributed by atoms with van der Waals surface area (Å²) in [5.74, 6) is -0.631. The van der Waals surface area contributed by atoms with Gasteiger partial charge >= 0.3 is 7.32 Å². The number of amides is 2. The van der Waals surface area contributed by atoms with Crippen LogP contribution in [0.4, 0.5) is 0 Å². The molecule has 1 aliphatic heterocycles. The second-order valence-corrected chi connectivity index (χ2v) is 3.84. The summed E-state index contributed by atoms with van der Waals surface area (Å²) < 4.78 is 0. The lowest BCUT2D eigenvalue weighted by atomic mass is 9.95. The molecule has 0 saturated heterocycles. The smallest absolute Gasteiger partial charge is 0.402 e. The van der Waals surface area contributed by atoms with E-state index in [1.807, 2.05) is 24.3 Å². The molecule has 1 aliphatic rings. The van der Waals surface area contributed by atoms with Gasteiger partial charge in [-0.25, -0.2) is 0 Å². The number of hydrogen-bond donors (Lipinski definition) is 4. The second kappa shape index (κ2) is 5.19. The first kappa shape index (κ1) is 13.2. The van der Waals surface area contributed by atoms with Crippen LogP contribution in [0.5, 0.6) is 0 Å². The van der Waals surface area contributed by atoms with Gasteiger partial charge in [-0.15, -0.1) is 0 Å². The Bertz CT molecular complexity index is 604. The van der Waals surface area contributed by atoms with E-state index < -0.39 is 7.32 Å². The standard InChI is InChI=1S/C12H7NO2.BH3O3/c14-11-8-5-1-3-7-4-2-6-9(10(7)8)12(15)13-11;2-1(3)4/h1-6H,(H,13,14,15);2-4H. The Morgan fingerprint density at radius 3 is 1.68 bits per heavy atom. The first-order valence-corrected chi connectivity index (χ1v) is 5.42. The van der Waals surface area contributed by atoms with Gasteiger partial charge < -0.3 is 15.1 Å². The fourth-order valence-electron chi connectivity index (χ4n) is 1.96. The van der Waals surface area contributed by atoms with E-state index in [1.54, 1.807) is 12.1 Å². The fraction of sp³-hybridized carbons (Fsp3) is 0. The van der Waals surface area contributed by atoms with E-state index in [9.17, 15) is 9.59 Å². The number of carbonyl (C=O) groups excluding carboxylic acids is 2. The second-order valence-electron chi connectivity index (χ2n) is 3.84. The minimum atomic E-state index is -2.17. The van der Waals surface area contributed by atoms with Crippen LogP contribution in [0, 0.1) is 0 Å². The summed E-state index contributed by atoms with van der Waals surface area (Å²) in [5.41, 5.74) is 1.14. The van der Waals surface area contributed by atoms with E-state index in [1.165, 1.54) is 0 Å². The molecule has 1 heterocycles. The Balaban J connectivity index is 0.000000297. The Morgan fingerprint density at radius 2 is 1.26 bits per heavy atom. The first-order chi connectivity index (χ1) is 9.00. The molecule has 3 rings (SSSR count). The molecule has 0 aliphatic carbocycles. The molecule has 2 aromatic rings. The maximum atomic E-state index is 11.6. The predicted molar refractivity (Wildman–Crippen MR) is 68.2 cm³/mol. The van der Waals surface area contributed by atoms with Gasteiger partial charge in [-0.05, 0) is 17.5 Å². The Morgan fingerprint density at radius 1 is 0.842 bits per heavy atom. The molecule has 6 nitrogen and oxygen atoms in total. The first-order valence-electron chi connectivity index (χ1n) is 5.42. The van der Waals surface area contributed by atoms with Gasteiger partial charge in [0, 0.05) is 16.5 Å². The summed E-state index contributed by atoms with van der Waals surface area (Å²) in [4.78, 5) is 23.1. The van der Waals surface area contributed by atoms with E-state index >= 15 is 0 Å². The number of hydrogen-bond acceptors (Lipinski definition) is 5. The van der Waals surface area contributed by atoms with Crippen molar-refractivity contribution in [2.24, 2.45) is 0 Å². The van der Waals surface area contributed by atoms with Crippen LogP contribution in [-0.2, 0) is 0 Å². The maximum Gasteiger partial charge on any atom is 0.631 e. The lowest BCUT2D eigenvalue weighted by Crippen LogP contribution is -2.34. The van der Waals surface area contributed by atoms with E-state index in [4.69, 9.17) is 15.1 Å². The van der Waals surface area contributed by atoms with Gasteiger partial charge in [0.2, 0.25) is 0 Å². The van der Waals surface area contributed by atoms with E-state index in [0.29, 0.717) is 11.1 Å². The van der Waals surface area contributed by atoms with Crippen LogP contribution in [0.1, 0.15) is 20.7 Å². The van der Waals surface area contributed by atoms with Crippen LogP contribution in [0.2, 0.25) is 0 Å². The van der Waals surface area contributed by atoms with E-state index in [-0.39, 0.29) is 11.8 Å². The Kier molecular flexibility index (Phi) is 3.61. The molecule has 0 spiro atoms.